The molecule has 0 spiro atoms. The second kappa shape index (κ2) is 12.2. The van der Waals surface area contributed by atoms with Crippen molar-refractivity contribution in [2.75, 3.05) is 59.9 Å². The first-order valence-electron chi connectivity index (χ1n) is 12.4. The van der Waals surface area contributed by atoms with E-state index < -0.39 is 0 Å². The number of piperazine rings is 1. The Morgan fingerprint density at radius 3 is 2.18 bits per heavy atom. The highest BCUT2D eigenvalue weighted by atomic mass is 15.2. The first kappa shape index (κ1) is 23.7. The van der Waals surface area contributed by atoms with Crippen LogP contribution in [-0.2, 0) is 13.1 Å². The van der Waals surface area contributed by atoms with Crippen molar-refractivity contribution in [1.82, 2.24) is 25.3 Å². The maximum Gasteiger partial charge on any atom is 0.191 e. The third kappa shape index (κ3) is 7.03. The summed E-state index contributed by atoms with van der Waals surface area (Å²) < 4.78 is 0. The zero-order valence-electron chi connectivity index (χ0n) is 20.3. The van der Waals surface area contributed by atoms with Crippen LogP contribution in [0.25, 0.3) is 0 Å². The Kier molecular flexibility index (Phi) is 8.75. The van der Waals surface area contributed by atoms with E-state index in [1.807, 2.05) is 7.05 Å². The molecule has 0 aliphatic carbocycles. The highest BCUT2D eigenvalue weighted by Gasteiger charge is 2.23. The third-order valence-electron chi connectivity index (χ3n) is 6.94. The minimum atomic E-state index is 0.376. The quantitative estimate of drug-likeness (QED) is 0.480. The van der Waals surface area contributed by atoms with Gasteiger partial charge in [0, 0.05) is 52.9 Å². The predicted octanol–water partition coefficient (Wildman–Crippen LogP) is 2.94. The van der Waals surface area contributed by atoms with E-state index in [-0.39, 0.29) is 0 Å². The van der Waals surface area contributed by atoms with Crippen LogP contribution >= 0.6 is 0 Å². The maximum absolute atomic E-state index is 4.46. The number of rotatable bonds is 8. The second-order valence-electron chi connectivity index (χ2n) is 9.37. The molecule has 2 fully saturated rings. The Morgan fingerprint density at radius 1 is 0.848 bits per heavy atom. The van der Waals surface area contributed by atoms with Crippen LogP contribution in [0.1, 0.15) is 35.6 Å². The zero-order chi connectivity index (χ0) is 22.9. The number of nitrogens with zero attached hydrogens (tertiary/aromatic N) is 4. The first-order chi connectivity index (χ1) is 16.2. The van der Waals surface area contributed by atoms with Crippen molar-refractivity contribution in [3.8, 4) is 0 Å². The van der Waals surface area contributed by atoms with Crippen LogP contribution in [0, 0.1) is 0 Å². The summed E-state index contributed by atoms with van der Waals surface area (Å²) in [7, 11) is 4.05. The molecule has 2 aliphatic rings. The van der Waals surface area contributed by atoms with Crippen molar-refractivity contribution in [3.63, 3.8) is 0 Å². The van der Waals surface area contributed by atoms with Crippen LogP contribution in [-0.4, -0.2) is 80.6 Å². The Labute approximate surface area is 199 Å². The predicted molar refractivity (Wildman–Crippen MR) is 137 cm³/mol. The van der Waals surface area contributed by atoms with Gasteiger partial charge in [0.25, 0.3) is 0 Å². The van der Waals surface area contributed by atoms with E-state index in [0.29, 0.717) is 6.04 Å². The number of likely N-dealkylation sites (tertiary alicyclic amines) is 1. The molecule has 2 aliphatic heterocycles. The summed E-state index contributed by atoms with van der Waals surface area (Å²) >= 11 is 0. The fourth-order valence-electron chi connectivity index (χ4n) is 4.81. The minimum absolute atomic E-state index is 0.376. The molecular weight excluding hydrogens is 408 g/mol. The van der Waals surface area contributed by atoms with Crippen molar-refractivity contribution in [2.24, 2.45) is 4.99 Å². The molecule has 2 saturated heterocycles. The van der Waals surface area contributed by atoms with Crippen molar-refractivity contribution >= 4 is 5.96 Å². The lowest BCUT2D eigenvalue weighted by molar-refractivity contribution is 0.148. The Balaban J connectivity index is 1.26. The SMILES string of the molecule is CN=C(NCc1ccc(CN2CCN(C)CC2)cc1)NCC(c1ccccc1)N1CCCC1. The Hall–Kier alpha value is -2.41. The smallest absolute Gasteiger partial charge is 0.191 e. The van der Waals surface area contributed by atoms with Gasteiger partial charge in [0.15, 0.2) is 5.96 Å². The van der Waals surface area contributed by atoms with Crippen LogP contribution in [0.3, 0.4) is 0 Å². The molecule has 0 bridgehead atoms. The molecule has 0 radical (unpaired) electrons. The monoisotopic (exact) mass is 448 g/mol. The van der Waals surface area contributed by atoms with Crippen LogP contribution in [0.5, 0.6) is 0 Å². The number of hydrogen-bond donors (Lipinski definition) is 2. The summed E-state index contributed by atoms with van der Waals surface area (Å²) in [4.78, 5) is 12.0. The highest BCUT2D eigenvalue weighted by Crippen LogP contribution is 2.24. The average Bonchev–Trinajstić information content (AvgIpc) is 3.39. The molecule has 0 amide bonds. The molecule has 178 valence electrons. The second-order valence-corrected chi connectivity index (χ2v) is 9.37. The Bertz CT molecular complexity index is 852. The normalized spacial score (nSPS) is 19.5. The number of likely N-dealkylation sites (N-methyl/N-ethyl adjacent to an activating group) is 1. The van der Waals surface area contributed by atoms with Gasteiger partial charge in [0.2, 0.25) is 0 Å². The molecule has 6 nitrogen and oxygen atoms in total. The van der Waals surface area contributed by atoms with Gasteiger partial charge in [-0.1, -0.05) is 54.6 Å². The first-order valence-corrected chi connectivity index (χ1v) is 12.4. The largest absolute Gasteiger partial charge is 0.354 e. The molecule has 2 heterocycles. The van der Waals surface area contributed by atoms with Gasteiger partial charge in [-0.3, -0.25) is 14.8 Å². The summed E-state index contributed by atoms with van der Waals surface area (Å²) in [5, 5.41) is 7.06. The lowest BCUT2D eigenvalue weighted by atomic mass is 10.1. The van der Waals surface area contributed by atoms with E-state index in [4.69, 9.17) is 0 Å². The van der Waals surface area contributed by atoms with Crippen LogP contribution < -0.4 is 10.6 Å². The minimum Gasteiger partial charge on any atom is -0.354 e. The third-order valence-corrected chi connectivity index (χ3v) is 6.94. The molecule has 4 rings (SSSR count). The molecule has 0 saturated carbocycles. The summed E-state index contributed by atoms with van der Waals surface area (Å²) in [5.41, 5.74) is 4.04. The van der Waals surface area contributed by atoms with Gasteiger partial charge in [-0.2, -0.15) is 0 Å². The van der Waals surface area contributed by atoms with Crippen molar-refractivity contribution in [1.29, 1.82) is 0 Å². The van der Waals surface area contributed by atoms with E-state index >= 15 is 0 Å². The molecule has 1 atom stereocenters. The highest BCUT2D eigenvalue weighted by molar-refractivity contribution is 5.79. The van der Waals surface area contributed by atoms with Crippen molar-refractivity contribution in [2.45, 2.75) is 32.0 Å². The standard InChI is InChI=1S/C27H40N6/c1-28-27(30-21-26(33-14-6-7-15-33)25-8-4-3-5-9-25)29-20-23-10-12-24(13-11-23)22-32-18-16-31(2)17-19-32/h3-5,8-13,26H,6-7,14-22H2,1-2H3,(H2,28,29,30). The molecule has 2 N–H and O–H groups in total. The molecule has 33 heavy (non-hydrogen) atoms. The number of benzene rings is 2. The topological polar surface area (TPSA) is 46.1 Å². The molecule has 2 aromatic carbocycles. The number of nitrogens with one attached hydrogen (secondary N) is 2. The molecule has 2 aromatic rings. The van der Waals surface area contributed by atoms with Gasteiger partial charge in [0.1, 0.15) is 0 Å². The lowest BCUT2D eigenvalue weighted by Crippen LogP contribution is -2.43. The number of hydrogen-bond acceptors (Lipinski definition) is 4. The van der Waals surface area contributed by atoms with Crippen molar-refractivity contribution in [3.05, 3.63) is 71.3 Å². The van der Waals surface area contributed by atoms with Crippen LogP contribution in [0.4, 0.5) is 0 Å². The van der Waals surface area contributed by atoms with Gasteiger partial charge in [-0.15, -0.1) is 0 Å². The van der Waals surface area contributed by atoms with Crippen LogP contribution in [0.15, 0.2) is 59.6 Å². The molecular formula is C27H40N6. The molecule has 1 unspecified atom stereocenters. The Morgan fingerprint density at radius 2 is 1.52 bits per heavy atom. The lowest BCUT2D eigenvalue weighted by Gasteiger charge is -2.32. The summed E-state index contributed by atoms with van der Waals surface area (Å²) in [6.07, 6.45) is 2.59. The van der Waals surface area contributed by atoms with Gasteiger partial charge < -0.3 is 15.5 Å². The van der Waals surface area contributed by atoms with Gasteiger partial charge >= 0.3 is 0 Å². The number of aliphatic imine (C=N–C) groups is 1. The van der Waals surface area contributed by atoms with Gasteiger partial charge in [-0.25, -0.2) is 0 Å². The summed E-state index contributed by atoms with van der Waals surface area (Å²) in [6, 6.07) is 20.2. The van der Waals surface area contributed by atoms with E-state index in [9.17, 15) is 0 Å². The van der Waals surface area contributed by atoms with E-state index in [1.54, 1.807) is 0 Å². The number of guanidine groups is 1. The summed E-state index contributed by atoms with van der Waals surface area (Å²) in [5.74, 6) is 0.858. The molecule has 6 heteroatoms. The fraction of sp³-hybridized carbons (Fsp3) is 0.519. The van der Waals surface area contributed by atoms with Gasteiger partial charge in [-0.05, 0) is 49.7 Å². The van der Waals surface area contributed by atoms with E-state index in [1.165, 1.54) is 42.6 Å². The van der Waals surface area contributed by atoms with Crippen LogP contribution in [0.2, 0.25) is 0 Å². The van der Waals surface area contributed by atoms with Gasteiger partial charge in [0.05, 0.1) is 6.04 Å². The zero-order valence-corrected chi connectivity index (χ0v) is 20.3. The average molecular weight is 449 g/mol. The molecule has 0 aromatic heterocycles. The van der Waals surface area contributed by atoms with E-state index in [0.717, 1.165) is 51.8 Å². The maximum atomic E-state index is 4.46. The fourth-order valence-corrected chi connectivity index (χ4v) is 4.81. The summed E-state index contributed by atoms with van der Waals surface area (Å²) in [6.45, 7) is 9.66. The van der Waals surface area contributed by atoms with Crippen molar-refractivity contribution < 1.29 is 0 Å². The van der Waals surface area contributed by atoms with E-state index in [2.05, 4.69) is 92.0 Å².